The number of methoxy groups -OCH3 is 1. The van der Waals surface area contributed by atoms with Gasteiger partial charge in [0.2, 0.25) is 0 Å². The average Bonchev–Trinajstić information content (AvgIpc) is 2.95. The highest BCUT2D eigenvalue weighted by Crippen LogP contribution is 2.30. The fourth-order valence-electron chi connectivity index (χ4n) is 1.58. The highest BCUT2D eigenvalue weighted by molar-refractivity contribution is 9.10. The van der Waals surface area contributed by atoms with Gasteiger partial charge in [0.05, 0.1) is 29.5 Å². The standard InChI is InChI=1S/C11H13BrN2O2S/c1-16-5-4-14-10(8(12)7-13-14)11(15)9-3-2-6-17-9/h2-3,6-7,11,15H,4-5H2,1H3. The summed E-state index contributed by atoms with van der Waals surface area (Å²) in [5.41, 5.74) is 0.768. The molecular formula is C11H13BrN2O2S. The summed E-state index contributed by atoms with van der Waals surface area (Å²) in [6.45, 7) is 1.19. The molecule has 0 aliphatic carbocycles. The summed E-state index contributed by atoms with van der Waals surface area (Å²) in [5.74, 6) is 0. The topological polar surface area (TPSA) is 47.3 Å². The Morgan fingerprint density at radius 1 is 1.65 bits per heavy atom. The summed E-state index contributed by atoms with van der Waals surface area (Å²) in [6, 6.07) is 3.84. The quantitative estimate of drug-likeness (QED) is 0.921. The van der Waals surface area contributed by atoms with Crippen LogP contribution in [0, 0.1) is 0 Å². The molecule has 0 aromatic carbocycles. The van der Waals surface area contributed by atoms with Gasteiger partial charge < -0.3 is 9.84 Å². The minimum absolute atomic E-state index is 0.568. The Morgan fingerprint density at radius 2 is 2.47 bits per heavy atom. The van der Waals surface area contributed by atoms with Gasteiger partial charge in [0.25, 0.3) is 0 Å². The molecular weight excluding hydrogens is 304 g/mol. The van der Waals surface area contributed by atoms with Crippen LogP contribution in [0.25, 0.3) is 0 Å². The maximum atomic E-state index is 10.3. The van der Waals surface area contributed by atoms with E-state index in [0.717, 1.165) is 15.0 Å². The lowest BCUT2D eigenvalue weighted by atomic mass is 10.2. The van der Waals surface area contributed by atoms with E-state index in [1.807, 2.05) is 17.5 Å². The van der Waals surface area contributed by atoms with Gasteiger partial charge in [-0.05, 0) is 27.4 Å². The normalized spacial score (nSPS) is 12.9. The van der Waals surface area contributed by atoms with E-state index in [4.69, 9.17) is 4.74 Å². The van der Waals surface area contributed by atoms with Crippen molar-refractivity contribution in [3.8, 4) is 0 Å². The lowest BCUT2D eigenvalue weighted by Gasteiger charge is -2.12. The van der Waals surface area contributed by atoms with Crippen LogP contribution in [0.4, 0.5) is 0 Å². The number of thiophene rings is 1. The van der Waals surface area contributed by atoms with Crippen molar-refractivity contribution < 1.29 is 9.84 Å². The van der Waals surface area contributed by atoms with Crippen LogP contribution in [0.1, 0.15) is 16.7 Å². The van der Waals surface area contributed by atoms with Crippen LogP contribution in [-0.4, -0.2) is 28.6 Å². The maximum absolute atomic E-state index is 10.3. The molecule has 1 atom stereocenters. The van der Waals surface area contributed by atoms with E-state index < -0.39 is 6.10 Å². The summed E-state index contributed by atoms with van der Waals surface area (Å²) >= 11 is 4.94. The monoisotopic (exact) mass is 316 g/mol. The van der Waals surface area contributed by atoms with Crippen molar-refractivity contribution in [3.63, 3.8) is 0 Å². The van der Waals surface area contributed by atoms with E-state index in [9.17, 15) is 5.11 Å². The van der Waals surface area contributed by atoms with E-state index >= 15 is 0 Å². The predicted molar refractivity (Wildman–Crippen MR) is 70.2 cm³/mol. The van der Waals surface area contributed by atoms with Gasteiger partial charge in [-0.3, -0.25) is 4.68 Å². The van der Waals surface area contributed by atoms with Gasteiger partial charge >= 0.3 is 0 Å². The molecule has 2 rings (SSSR count). The molecule has 0 fully saturated rings. The first-order chi connectivity index (χ1) is 8.24. The van der Waals surface area contributed by atoms with Crippen molar-refractivity contribution in [1.82, 2.24) is 9.78 Å². The van der Waals surface area contributed by atoms with Crippen molar-refractivity contribution in [2.24, 2.45) is 0 Å². The number of aliphatic hydroxyl groups is 1. The van der Waals surface area contributed by atoms with Crippen molar-refractivity contribution in [3.05, 3.63) is 38.8 Å². The second-order valence-corrected chi connectivity index (χ2v) is 5.35. The lowest BCUT2D eigenvalue weighted by molar-refractivity contribution is 0.172. The Balaban J connectivity index is 2.27. The molecule has 2 heterocycles. The van der Waals surface area contributed by atoms with Crippen LogP contribution < -0.4 is 0 Å². The number of rotatable bonds is 5. The number of ether oxygens (including phenoxy) is 1. The third-order valence-electron chi connectivity index (χ3n) is 2.41. The van der Waals surface area contributed by atoms with Gasteiger partial charge in [0.1, 0.15) is 6.10 Å². The second kappa shape index (κ2) is 5.77. The highest BCUT2D eigenvalue weighted by atomic mass is 79.9. The molecule has 0 spiro atoms. The molecule has 0 saturated heterocycles. The van der Waals surface area contributed by atoms with Gasteiger partial charge in [-0.1, -0.05) is 6.07 Å². The summed E-state index contributed by atoms with van der Waals surface area (Å²) in [5, 5.41) is 16.5. The third-order valence-corrected chi connectivity index (χ3v) is 3.95. The Kier molecular flexibility index (Phi) is 4.33. The Morgan fingerprint density at radius 3 is 3.12 bits per heavy atom. The maximum Gasteiger partial charge on any atom is 0.131 e. The molecule has 2 aromatic rings. The zero-order valence-electron chi connectivity index (χ0n) is 9.34. The predicted octanol–water partition coefficient (Wildman–Crippen LogP) is 2.44. The zero-order valence-corrected chi connectivity index (χ0v) is 11.7. The molecule has 0 amide bonds. The molecule has 1 unspecified atom stereocenters. The minimum Gasteiger partial charge on any atom is -0.383 e. The Hall–Kier alpha value is -0.690. The van der Waals surface area contributed by atoms with Gasteiger partial charge in [-0.25, -0.2) is 0 Å². The fourth-order valence-corrected chi connectivity index (χ4v) is 2.81. The first kappa shape index (κ1) is 12.8. The van der Waals surface area contributed by atoms with E-state index in [2.05, 4.69) is 21.0 Å². The molecule has 17 heavy (non-hydrogen) atoms. The molecule has 0 bridgehead atoms. The molecule has 0 radical (unpaired) electrons. The fraction of sp³-hybridized carbons (Fsp3) is 0.364. The van der Waals surface area contributed by atoms with E-state index in [1.54, 1.807) is 18.0 Å². The summed E-state index contributed by atoms with van der Waals surface area (Å²) < 4.78 is 7.60. The van der Waals surface area contributed by atoms with Crippen LogP contribution in [0.5, 0.6) is 0 Å². The number of hydrogen-bond donors (Lipinski definition) is 1. The zero-order chi connectivity index (χ0) is 12.3. The Bertz CT molecular complexity index is 470. The van der Waals surface area contributed by atoms with Crippen LogP contribution in [0.3, 0.4) is 0 Å². The minimum atomic E-state index is -0.649. The molecule has 1 N–H and O–H groups in total. The van der Waals surface area contributed by atoms with Crippen LogP contribution in [0.15, 0.2) is 28.2 Å². The highest BCUT2D eigenvalue weighted by Gasteiger charge is 2.20. The number of aromatic nitrogens is 2. The second-order valence-electron chi connectivity index (χ2n) is 3.51. The number of aliphatic hydroxyl groups excluding tert-OH is 1. The summed E-state index contributed by atoms with van der Waals surface area (Å²) in [6.07, 6.45) is 1.05. The van der Waals surface area contributed by atoms with Crippen molar-refractivity contribution in [2.45, 2.75) is 12.6 Å². The van der Waals surface area contributed by atoms with Gasteiger partial charge in [-0.2, -0.15) is 5.10 Å². The van der Waals surface area contributed by atoms with E-state index in [1.165, 1.54) is 11.3 Å². The average molecular weight is 317 g/mol. The first-order valence-electron chi connectivity index (χ1n) is 5.15. The molecule has 0 aliphatic rings. The molecule has 4 nitrogen and oxygen atoms in total. The summed E-state index contributed by atoms with van der Waals surface area (Å²) in [4.78, 5) is 0.907. The molecule has 2 aromatic heterocycles. The molecule has 92 valence electrons. The third kappa shape index (κ3) is 2.77. The van der Waals surface area contributed by atoms with Gasteiger partial charge in [0, 0.05) is 12.0 Å². The molecule has 0 aliphatic heterocycles. The number of hydrogen-bond acceptors (Lipinski definition) is 4. The van der Waals surface area contributed by atoms with Gasteiger partial charge in [-0.15, -0.1) is 11.3 Å². The Labute approximate surface area is 112 Å². The number of halogens is 1. The largest absolute Gasteiger partial charge is 0.383 e. The number of nitrogens with zero attached hydrogens (tertiary/aromatic N) is 2. The van der Waals surface area contributed by atoms with Crippen molar-refractivity contribution in [1.29, 1.82) is 0 Å². The van der Waals surface area contributed by atoms with Crippen LogP contribution in [0.2, 0.25) is 0 Å². The molecule has 6 heteroatoms. The molecule has 0 saturated carbocycles. The smallest absolute Gasteiger partial charge is 0.131 e. The van der Waals surface area contributed by atoms with Crippen molar-refractivity contribution in [2.75, 3.05) is 13.7 Å². The summed E-state index contributed by atoms with van der Waals surface area (Å²) in [7, 11) is 1.65. The SMILES string of the molecule is COCCn1ncc(Br)c1C(O)c1cccs1. The lowest BCUT2D eigenvalue weighted by Crippen LogP contribution is -2.13. The first-order valence-corrected chi connectivity index (χ1v) is 6.83. The van der Waals surface area contributed by atoms with E-state index in [-0.39, 0.29) is 0 Å². The van der Waals surface area contributed by atoms with Crippen LogP contribution >= 0.6 is 27.3 Å². The van der Waals surface area contributed by atoms with Crippen LogP contribution in [-0.2, 0) is 11.3 Å². The van der Waals surface area contributed by atoms with E-state index in [0.29, 0.717) is 13.2 Å². The van der Waals surface area contributed by atoms with Crippen molar-refractivity contribution >= 4 is 27.3 Å². The van der Waals surface area contributed by atoms with Gasteiger partial charge in [0.15, 0.2) is 0 Å².